The first-order valence-corrected chi connectivity index (χ1v) is 10.4. The summed E-state index contributed by atoms with van der Waals surface area (Å²) in [6.45, 7) is 0.136. The number of ketones is 1. The summed E-state index contributed by atoms with van der Waals surface area (Å²) in [6, 6.07) is 10.5. The van der Waals surface area contributed by atoms with Crippen molar-refractivity contribution in [3.05, 3.63) is 35.9 Å². The van der Waals surface area contributed by atoms with Gasteiger partial charge in [0.05, 0.1) is 19.2 Å². The monoisotopic (exact) mass is 349 g/mol. The maximum atomic E-state index is 11.9. The topological polar surface area (TPSA) is 60.4 Å². The SMILES string of the molecule is C[S+]([O-])C1CC(=O)N1CC(=O)CCCCCCCc1ccccc1. The van der Waals surface area contributed by atoms with E-state index in [9.17, 15) is 14.1 Å². The van der Waals surface area contributed by atoms with E-state index in [0.29, 0.717) is 12.8 Å². The number of Topliss-reactive ketones (excluding diaryl/α,β-unsaturated/α-hetero) is 1. The van der Waals surface area contributed by atoms with Gasteiger partial charge in [0.15, 0.2) is 11.2 Å². The molecular weight excluding hydrogens is 322 g/mol. The van der Waals surface area contributed by atoms with Gasteiger partial charge in [-0.1, -0.05) is 49.6 Å². The molecule has 1 heterocycles. The van der Waals surface area contributed by atoms with Gasteiger partial charge in [-0.2, -0.15) is 0 Å². The van der Waals surface area contributed by atoms with Gasteiger partial charge in [0.1, 0.15) is 0 Å². The molecular formula is C19H27NO3S. The Morgan fingerprint density at radius 2 is 1.83 bits per heavy atom. The second-order valence-electron chi connectivity index (χ2n) is 6.47. The molecule has 0 aliphatic carbocycles. The molecule has 132 valence electrons. The first-order chi connectivity index (χ1) is 11.6. The summed E-state index contributed by atoms with van der Waals surface area (Å²) in [5.74, 6) is 0.0345. The number of likely N-dealkylation sites (tertiary alicyclic amines) is 1. The van der Waals surface area contributed by atoms with Gasteiger partial charge in [-0.05, 0) is 36.0 Å². The smallest absolute Gasteiger partial charge is 0.233 e. The first kappa shape index (κ1) is 19.0. The lowest BCUT2D eigenvalue weighted by atomic mass is 10.0. The van der Waals surface area contributed by atoms with Crippen molar-refractivity contribution >= 4 is 22.9 Å². The average Bonchev–Trinajstić information content (AvgIpc) is 2.57. The number of hydrogen-bond donors (Lipinski definition) is 0. The first-order valence-electron chi connectivity index (χ1n) is 8.75. The summed E-state index contributed by atoms with van der Waals surface area (Å²) in [5, 5.41) is -0.251. The standard InChI is InChI=1S/C19H27NO3S/c1-24(23)19-14-18(22)20(19)15-17(21)13-9-4-2-3-6-10-16-11-7-5-8-12-16/h5,7-8,11-12,19H,2-4,6,9-10,13-15H2,1H3. The maximum absolute atomic E-state index is 11.9. The third-order valence-electron chi connectivity index (χ3n) is 4.51. The van der Waals surface area contributed by atoms with Crippen LogP contribution in [-0.4, -0.2) is 39.3 Å². The van der Waals surface area contributed by atoms with Crippen LogP contribution in [0.5, 0.6) is 0 Å². The number of nitrogens with zero attached hydrogens (tertiary/aromatic N) is 1. The van der Waals surface area contributed by atoms with Crippen molar-refractivity contribution in [1.82, 2.24) is 4.90 Å². The highest BCUT2D eigenvalue weighted by atomic mass is 32.2. The number of rotatable bonds is 11. The lowest BCUT2D eigenvalue weighted by Crippen LogP contribution is -2.57. The molecule has 4 nitrogen and oxygen atoms in total. The van der Waals surface area contributed by atoms with Gasteiger partial charge in [-0.25, -0.2) is 0 Å². The average molecular weight is 349 g/mol. The van der Waals surface area contributed by atoms with Crippen LogP contribution in [0.15, 0.2) is 30.3 Å². The number of amides is 1. The maximum Gasteiger partial charge on any atom is 0.233 e. The van der Waals surface area contributed by atoms with E-state index in [1.165, 1.54) is 23.3 Å². The van der Waals surface area contributed by atoms with Crippen LogP contribution >= 0.6 is 0 Å². The Balaban J connectivity index is 1.50. The Hall–Kier alpha value is -1.33. The van der Waals surface area contributed by atoms with E-state index < -0.39 is 11.2 Å². The van der Waals surface area contributed by atoms with Crippen molar-refractivity contribution in [2.75, 3.05) is 12.8 Å². The molecule has 0 spiro atoms. The third-order valence-corrected chi connectivity index (χ3v) is 5.70. The summed E-state index contributed by atoms with van der Waals surface area (Å²) in [5.41, 5.74) is 1.38. The molecule has 0 bridgehead atoms. The highest BCUT2D eigenvalue weighted by molar-refractivity contribution is 7.91. The normalized spacial score (nSPS) is 18.3. The predicted molar refractivity (Wildman–Crippen MR) is 97.0 cm³/mol. The van der Waals surface area contributed by atoms with Crippen LogP contribution in [0.25, 0.3) is 0 Å². The van der Waals surface area contributed by atoms with Gasteiger partial charge in [-0.3, -0.25) is 14.5 Å². The second-order valence-corrected chi connectivity index (χ2v) is 8.01. The number of benzene rings is 1. The van der Waals surface area contributed by atoms with E-state index in [2.05, 4.69) is 24.3 Å². The van der Waals surface area contributed by atoms with E-state index in [0.717, 1.165) is 25.7 Å². The van der Waals surface area contributed by atoms with Gasteiger partial charge in [-0.15, -0.1) is 0 Å². The largest absolute Gasteiger partial charge is 0.615 e. The molecule has 0 saturated carbocycles. The minimum absolute atomic E-state index is 0.0514. The van der Waals surface area contributed by atoms with Crippen LogP contribution in [0.3, 0.4) is 0 Å². The molecule has 0 N–H and O–H groups in total. The van der Waals surface area contributed by atoms with E-state index in [1.54, 1.807) is 6.26 Å². The molecule has 1 amide bonds. The van der Waals surface area contributed by atoms with Gasteiger partial charge in [0.2, 0.25) is 5.91 Å². The van der Waals surface area contributed by atoms with Gasteiger partial charge in [0, 0.05) is 6.42 Å². The zero-order valence-electron chi connectivity index (χ0n) is 14.4. The Morgan fingerprint density at radius 1 is 1.17 bits per heavy atom. The van der Waals surface area contributed by atoms with Crippen LogP contribution < -0.4 is 0 Å². The van der Waals surface area contributed by atoms with Gasteiger partial charge in [0.25, 0.3) is 0 Å². The Morgan fingerprint density at radius 3 is 2.50 bits per heavy atom. The van der Waals surface area contributed by atoms with Crippen LogP contribution in [0.1, 0.15) is 50.5 Å². The molecule has 24 heavy (non-hydrogen) atoms. The zero-order valence-corrected chi connectivity index (χ0v) is 15.2. The Kier molecular flexibility index (Phi) is 7.79. The van der Waals surface area contributed by atoms with E-state index in [4.69, 9.17) is 0 Å². The van der Waals surface area contributed by atoms with E-state index >= 15 is 0 Å². The molecule has 2 rings (SSSR count). The molecule has 2 unspecified atom stereocenters. The van der Waals surface area contributed by atoms with Crippen molar-refractivity contribution in [3.8, 4) is 0 Å². The molecule has 1 aliphatic rings. The predicted octanol–water partition coefficient (Wildman–Crippen LogP) is 3.08. The number of carbonyl (C=O) groups is 2. The quantitative estimate of drug-likeness (QED) is 0.350. The Labute approximate surface area is 147 Å². The van der Waals surface area contributed by atoms with Crippen LogP contribution in [0, 0.1) is 0 Å². The number of aryl methyl sites for hydroxylation is 1. The summed E-state index contributed by atoms with van der Waals surface area (Å²) < 4.78 is 11.4. The Bertz CT molecular complexity index is 533. The number of unbranched alkanes of at least 4 members (excludes halogenated alkanes) is 4. The molecule has 1 fully saturated rings. The van der Waals surface area contributed by atoms with Crippen LogP contribution in [0.2, 0.25) is 0 Å². The minimum atomic E-state index is -1.06. The molecule has 5 heteroatoms. The highest BCUT2D eigenvalue weighted by Gasteiger charge is 2.43. The van der Waals surface area contributed by atoms with E-state index in [-0.39, 0.29) is 23.6 Å². The van der Waals surface area contributed by atoms with Crippen LogP contribution in [-0.2, 0) is 27.2 Å². The summed E-state index contributed by atoms with van der Waals surface area (Å²) in [4.78, 5) is 24.9. The van der Waals surface area contributed by atoms with Crippen molar-refractivity contribution < 1.29 is 14.1 Å². The molecule has 0 aromatic heterocycles. The molecule has 1 saturated heterocycles. The fourth-order valence-electron chi connectivity index (χ4n) is 3.01. The van der Waals surface area contributed by atoms with E-state index in [1.807, 2.05) is 6.07 Å². The van der Waals surface area contributed by atoms with Crippen molar-refractivity contribution in [2.24, 2.45) is 0 Å². The fourth-order valence-corrected chi connectivity index (χ4v) is 3.93. The lowest BCUT2D eigenvalue weighted by Gasteiger charge is -2.38. The molecule has 1 aromatic rings. The number of hydrogen-bond acceptors (Lipinski definition) is 3. The molecule has 1 aliphatic heterocycles. The second kappa shape index (κ2) is 9.84. The summed E-state index contributed by atoms with van der Waals surface area (Å²) in [6.07, 6.45) is 8.99. The summed E-state index contributed by atoms with van der Waals surface area (Å²) >= 11 is -1.06. The van der Waals surface area contributed by atoms with Crippen molar-refractivity contribution in [3.63, 3.8) is 0 Å². The van der Waals surface area contributed by atoms with Gasteiger partial charge >= 0.3 is 0 Å². The summed E-state index contributed by atoms with van der Waals surface area (Å²) in [7, 11) is 0. The molecule has 2 atom stereocenters. The fraction of sp³-hybridized carbons (Fsp3) is 0.579. The van der Waals surface area contributed by atoms with Crippen molar-refractivity contribution in [1.29, 1.82) is 0 Å². The van der Waals surface area contributed by atoms with Crippen molar-refractivity contribution in [2.45, 2.75) is 56.7 Å². The number of β-lactam (4-membered cyclic amide) rings is 1. The molecule has 1 aromatic carbocycles. The van der Waals surface area contributed by atoms with Gasteiger partial charge < -0.3 is 4.55 Å². The zero-order chi connectivity index (χ0) is 17.4. The molecule has 0 radical (unpaired) electrons. The van der Waals surface area contributed by atoms with Crippen LogP contribution in [0.4, 0.5) is 0 Å². The number of carbonyl (C=O) groups excluding carboxylic acids is 2. The highest BCUT2D eigenvalue weighted by Crippen LogP contribution is 2.23. The third kappa shape index (κ3) is 5.95. The minimum Gasteiger partial charge on any atom is -0.615 e. The lowest BCUT2D eigenvalue weighted by molar-refractivity contribution is -0.145.